The summed E-state index contributed by atoms with van der Waals surface area (Å²) in [4.78, 5) is 38.0. The van der Waals surface area contributed by atoms with E-state index in [-0.39, 0.29) is 11.3 Å². The molecule has 2 rings (SSSR count). The summed E-state index contributed by atoms with van der Waals surface area (Å²) in [6, 6.07) is 3.88. The van der Waals surface area contributed by atoms with Gasteiger partial charge in [-0.3, -0.25) is 9.69 Å². The summed E-state index contributed by atoms with van der Waals surface area (Å²) in [6.45, 7) is 2.75. The van der Waals surface area contributed by atoms with Gasteiger partial charge in [-0.15, -0.1) is 0 Å². The smallest absolute Gasteiger partial charge is 0.416 e. The molecule has 0 saturated carbocycles. The van der Waals surface area contributed by atoms with Crippen LogP contribution in [-0.4, -0.2) is 32.1 Å². The first kappa shape index (κ1) is 19.5. The highest BCUT2D eigenvalue weighted by Crippen LogP contribution is 2.44. The number of halogens is 3. The lowest BCUT2D eigenvalue weighted by molar-refractivity contribution is -0.140. The molecule has 26 heavy (non-hydrogen) atoms. The van der Waals surface area contributed by atoms with Crippen molar-refractivity contribution in [2.75, 3.05) is 19.1 Å². The fourth-order valence-electron chi connectivity index (χ4n) is 2.71. The molecule has 0 radical (unpaired) electrons. The summed E-state index contributed by atoms with van der Waals surface area (Å²) in [5.41, 5.74) is -3.46. The van der Waals surface area contributed by atoms with E-state index in [4.69, 9.17) is 0 Å². The maximum absolute atomic E-state index is 13.0. The van der Waals surface area contributed by atoms with Gasteiger partial charge in [-0.2, -0.15) is 13.2 Å². The minimum Gasteiger partial charge on any atom is -0.466 e. The van der Waals surface area contributed by atoms with Crippen LogP contribution in [0.3, 0.4) is 0 Å². The van der Waals surface area contributed by atoms with E-state index in [2.05, 4.69) is 9.47 Å². The first-order chi connectivity index (χ1) is 12.0. The number of methoxy groups -OCH3 is 2. The lowest BCUT2D eigenvalue weighted by Crippen LogP contribution is -2.35. The van der Waals surface area contributed by atoms with Crippen LogP contribution in [0.4, 0.5) is 18.9 Å². The number of nitrogens with zero attached hydrogens (tertiary/aromatic N) is 1. The normalized spacial score (nSPS) is 16.7. The maximum Gasteiger partial charge on any atom is 0.416 e. The third-order valence-corrected chi connectivity index (χ3v) is 4.02. The summed E-state index contributed by atoms with van der Waals surface area (Å²) in [6.07, 6.45) is -4.64. The molecule has 0 aromatic heterocycles. The van der Waals surface area contributed by atoms with Gasteiger partial charge in [0.2, 0.25) is 5.91 Å². The van der Waals surface area contributed by atoms with Crippen LogP contribution in [0.1, 0.15) is 19.4 Å². The van der Waals surface area contributed by atoms with Gasteiger partial charge < -0.3 is 9.47 Å². The van der Waals surface area contributed by atoms with E-state index in [1.807, 2.05) is 0 Å². The highest BCUT2D eigenvalue weighted by molar-refractivity contribution is 6.20. The van der Waals surface area contributed by atoms with Crippen LogP contribution in [0.5, 0.6) is 0 Å². The van der Waals surface area contributed by atoms with E-state index < -0.39 is 40.7 Å². The zero-order chi connectivity index (χ0) is 19.9. The fraction of sp³-hybridized carbons (Fsp3) is 0.353. The molecule has 9 heteroatoms. The number of rotatable bonds is 3. The molecule has 0 saturated heterocycles. The number of ether oxygens (including phenoxy) is 2. The maximum atomic E-state index is 13.0. The molecule has 1 aromatic rings. The highest BCUT2D eigenvalue weighted by Gasteiger charge is 2.52. The third kappa shape index (κ3) is 3.04. The summed E-state index contributed by atoms with van der Waals surface area (Å²) >= 11 is 0. The van der Waals surface area contributed by atoms with E-state index in [0.29, 0.717) is 0 Å². The monoisotopic (exact) mass is 371 g/mol. The molecule has 0 N–H and O–H groups in total. The topological polar surface area (TPSA) is 72.9 Å². The summed E-state index contributed by atoms with van der Waals surface area (Å²) < 4.78 is 48.3. The Balaban J connectivity index is 2.75. The van der Waals surface area contributed by atoms with Gasteiger partial charge in [-0.1, -0.05) is 6.07 Å². The molecular formula is C17H16F3NO5. The molecule has 0 unspecified atom stereocenters. The van der Waals surface area contributed by atoms with Gasteiger partial charge in [0.05, 0.1) is 30.8 Å². The molecule has 0 aliphatic carbocycles. The van der Waals surface area contributed by atoms with E-state index in [0.717, 1.165) is 37.3 Å². The molecule has 0 bridgehead atoms. The molecule has 0 atom stereocenters. The van der Waals surface area contributed by atoms with Gasteiger partial charge in [-0.05, 0) is 32.0 Å². The van der Waals surface area contributed by atoms with Crippen LogP contribution in [0, 0.1) is 5.41 Å². The van der Waals surface area contributed by atoms with Crippen molar-refractivity contribution in [3.63, 3.8) is 0 Å². The second-order valence-electron chi connectivity index (χ2n) is 6.02. The van der Waals surface area contributed by atoms with Crippen molar-refractivity contribution in [3.8, 4) is 0 Å². The van der Waals surface area contributed by atoms with Gasteiger partial charge in [0.25, 0.3) is 0 Å². The molecule has 0 spiro atoms. The predicted octanol–water partition coefficient (Wildman–Crippen LogP) is 2.68. The van der Waals surface area contributed by atoms with Crippen molar-refractivity contribution in [2.45, 2.75) is 20.0 Å². The minimum absolute atomic E-state index is 0.211. The average molecular weight is 371 g/mol. The zero-order valence-corrected chi connectivity index (χ0v) is 14.4. The molecule has 140 valence electrons. The van der Waals surface area contributed by atoms with Gasteiger partial charge in [0.15, 0.2) is 0 Å². The van der Waals surface area contributed by atoms with E-state index in [1.165, 1.54) is 19.9 Å². The predicted molar refractivity (Wildman–Crippen MR) is 83.8 cm³/mol. The van der Waals surface area contributed by atoms with Crippen molar-refractivity contribution >= 4 is 23.5 Å². The highest BCUT2D eigenvalue weighted by atomic mass is 19.4. The Morgan fingerprint density at radius 1 is 1.08 bits per heavy atom. The van der Waals surface area contributed by atoms with Crippen molar-refractivity contribution < 1.29 is 37.0 Å². The van der Waals surface area contributed by atoms with E-state index in [1.54, 1.807) is 0 Å². The number of benzene rings is 1. The number of carbonyl (C=O) groups is 3. The first-order valence-electron chi connectivity index (χ1n) is 7.40. The van der Waals surface area contributed by atoms with Crippen LogP contribution in [0.2, 0.25) is 0 Å². The number of amides is 1. The SMILES string of the molecule is COC(=O)C1=C(C(=O)OC)C(C)(C)C(=O)N1c1cccc(C(F)(F)F)c1. The second kappa shape index (κ2) is 6.47. The Labute approximate surface area is 147 Å². The summed E-state index contributed by atoms with van der Waals surface area (Å²) in [5.74, 6) is -2.74. The van der Waals surface area contributed by atoms with Gasteiger partial charge in [0, 0.05) is 5.69 Å². The molecule has 0 fully saturated rings. The van der Waals surface area contributed by atoms with Crippen molar-refractivity contribution in [1.82, 2.24) is 0 Å². The number of anilines is 1. The van der Waals surface area contributed by atoms with E-state index in [9.17, 15) is 27.6 Å². The van der Waals surface area contributed by atoms with Crippen molar-refractivity contribution in [3.05, 3.63) is 41.1 Å². The number of carbonyl (C=O) groups excluding carboxylic acids is 3. The Morgan fingerprint density at radius 3 is 2.15 bits per heavy atom. The lowest BCUT2D eigenvalue weighted by atomic mass is 9.85. The molecule has 1 amide bonds. The number of esters is 2. The minimum atomic E-state index is -4.64. The Bertz CT molecular complexity index is 811. The molecular weight excluding hydrogens is 355 g/mol. The first-order valence-corrected chi connectivity index (χ1v) is 7.40. The second-order valence-corrected chi connectivity index (χ2v) is 6.02. The summed E-state index contributed by atoms with van der Waals surface area (Å²) in [7, 11) is 2.10. The van der Waals surface area contributed by atoms with Crippen LogP contribution in [0.25, 0.3) is 0 Å². The molecule has 1 aromatic carbocycles. The Kier molecular flexibility index (Phi) is 4.85. The van der Waals surface area contributed by atoms with Crippen LogP contribution in [-0.2, 0) is 30.0 Å². The quantitative estimate of drug-likeness (QED) is 0.764. The van der Waals surface area contributed by atoms with Crippen molar-refractivity contribution in [2.24, 2.45) is 5.41 Å². The Hall–Kier alpha value is -2.84. The van der Waals surface area contributed by atoms with Crippen LogP contribution < -0.4 is 4.90 Å². The molecule has 6 nitrogen and oxygen atoms in total. The standard InChI is InChI=1S/C17H16F3NO5/c1-16(2)11(13(22)25-3)12(14(23)26-4)21(15(16)24)10-7-5-6-9(8-10)17(18,19)20/h5-8H,1-4H3. The van der Waals surface area contributed by atoms with Crippen molar-refractivity contribution in [1.29, 1.82) is 0 Å². The third-order valence-electron chi connectivity index (χ3n) is 4.02. The fourth-order valence-corrected chi connectivity index (χ4v) is 2.71. The Morgan fingerprint density at radius 2 is 1.65 bits per heavy atom. The molecule has 1 aliphatic heterocycles. The van der Waals surface area contributed by atoms with Gasteiger partial charge in [-0.25, -0.2) is 9.59 Å². The molecule has 1 aliphatic rings. The average Bonchev–Trinajstić information content (AvgIpc) is 2.79. The molecule has 1 heterocycles. The number of alkyl halides is 3. The van der Waals surface area contributed by atoms with Crippen LogP contribution >= 0.6 is 0 Å². The van der Waals surface area contributed by atoms with Crippen LogP contribution in [0.15, 0.2) is 35.5 Å². The van der Waals surface area contributed by atoms with E-state index >= 15 is 0 Å². The van der Waals surface area contributed by atoms with Gasteiger partial charge >= 0.3 is 18.1 Å². The summed E-state index contributed by atoms with van der Waals surface area (Å²) in [5, 5.41) is 0. The number of hydrogen-bond acceptors (Lipinski definition) is 5. The number of hydrogen-bond donors (Lipinski definition) is 0. The lowest BCUT2D eigenvalue weighted by Gasteiger charge is -2.23. The zero-order valence-electron chi connectivity index (χ0n) is 14.4. The largest absolute Gasteiger partial charge is 0.466 e. The van der Waals surface area contributed by atoms with Gasteiger partial charge in [0.1, 0.15) is 5.70 Å².